The summed E-state index contributed by atoms with van der Waals surface area (Å²) < 4.78 is 44.3. The van der Waals surface area contributed by atoms with E-state index in [0.717, 1.165) is 25.6 Å². The molecule has 1 atom stereocenters. The van der Waals surface area contributed by atoms with Crippen LogP contribution in [0.15, 0.2) is 24.3 Å². The lowest BCUT2D eigenvalue weighted by molar-refractivity contribution is -0.139. The highest BCUT2D eigenvalue weighted by molar-refractivity contribution is 5.82. The number of rotatable bonds is 5. The van der Waals surface area contributed by atoms with Crippen LogP contribution in [0.1, 0.15) is 25.8 Å². The molecular formula is C17H23F3N2O2. The number of carbonyl (C=O) groups is 1. The molecule has 1 aliphatic heterocycles. The number of likely N-dealkylation sites (tertiary alicyclic amines) is 1. The zero-order valence-corrected chi connectivity index (χ0v) is 14.1. The topological polar surface area (TPSA) is 41.6 Å². The Kier molecular flexibility index (Phi) is 5.42. The summed E-state index contributed by atoms with van der Waals surface area (Å²) in [4.78, 5) is 14.5. The Morgan fingerprint density at radius 2 is 2.00 bits per heavy atom. The lowest BCUT2D eigenvalue weighted by Gasteiger charge is -2.26. The van der Waals surface area contributed by atoms with Crippen molar-refractivity contribution in [3.8, 4) is 5.75 Å². The van der Waals surface area contributed by atoms with Crippen LogP contribution in [-0.4, -0.2) is 43.6 Å². The molecule has 1 amide bonds. The van der Waals surface area contributed by atoms with Gasteiger partial charge in [0.2, 0.25) is 5.91 Å². The van der Waals surface area contributed by atoms with E-state index in [0.29, 0.717) is 0 Å². The van der Waals surface area contributed by atoms with Gasteiger partial charge in [-0.05, 0) is 46.0 Å². The molecule has 7 heteroatoms. The van der Waals surface area contributed by atoms with E-state index >= 15 is 0 Å². The Bertz CT molecular complexity index is 587. The van der Waals surface area contributed by atoms with Gasteiger partial charge in [-0.3, -0.25) is 4.79 Å². The number of para-hydroxylation sites is 1. The molecular weight excluding hydrogens is 321 g/mol. The largest absolute Gasteiger partial charge is 0.492 e. The lowest BCUT2D eigenvalue weighted by Crippen LogP contribution is -2.46. The summed E-state index contributed by atoms with van der Waals surface area (Å²) in [5.74, 6) is -0.473. The number of hydrogen-bond donors (Lipinski definition) is 1. The summed E-state index contributed by atoms with van der Waals surface area (Å²) in [6, 6.07) is 5.10. The van der Waals surface area contributed by atoms with Crippen molar-refractivity contribution in [3.05, 3.63) is 29.8 Å². The maximum absolute atomic E-state index is 13.0. The molecule has 0 spiro atoms. The van der Waals surface area contributed by atoms with E-state index in [1.54, 1.807) is 13.8 Å². The van der Waals surface area contributed by atoms with Crippen LogP contribution >= 0.6 is 0 Å². The second kappa shape index (κ2) is 7.01. The number of alkyl halides is 3. The van der Waals surface area contributed by atoms with Crippen molar-refractivity contribution in [1.29, 1.82) is 0 Å². The first-order chi connectivity index (χ1) is 11.1. The van der Waals surface area contributed by atoms with Gasteiger partial charge in [0.25, 0.3) is 0 Å². The molecule has 1 aromatic rings. The first kappa shape index (κ1) is 18.6. The third-order valence-corrected chi connectivity index (χ3v) is 4.12. The number of nitrogens with zero attached hydrogens (tertiary/aromatic N) is 1. The standard InChI is InChI=1S/C17H23F3N2O2/c1-16(2,15(23)21-12-8-9-22(3)10-12)11-24-14-7-5-4-6-13(14)17(18,19)20/h4-7,12H,8-11H2,1-3H3,(H,21,23). The number of likely N-dealkylation sites (N-methyl/N-ethyl adjacent to an activating group) is 1. The fourth-order valence-corrected chi connectivity index (χ4v) is 2.58. The second-order valence-corrected chi connectivity index (χ2v) is 6.89. The number of halogens is 3. The molecule has 0 radical (unpaired) electrons. The molecule has 0 saturated carbocycles. The van der Waals surface area contributed by atoms with E-state index in [9.17, 15) is 18.0 Å². The Morgan fingerprint density at radius 3 is 2.58 bits per heavy atom. The zero-order valence-electron chi connectivity index (χ0n) is 14.1. The molecule has 1 N–H and O–H groups in total. The summed E-state index contributed by atoms with van der Waals surface area (Å²) in [6.07, 6.45) is -3.62. The summed E-state index contributed by atoms with van der Waals surface area (Å²) in [6.45, 7) is 4.89. The maximum atomic E-state index is 13.0. The van der Waals surface area contributed by atoms with Gasteiger partial charge < -0.3 is 15.0 Å². The normalized spacial score (nSPS) is 19.3. The highest BCUT2D eigenvalue weighted by Gasteiger charge is 2.36. The van der Waals surface area contributed by atoms with Crippen LogP contribution in [-0.2, 0) is 11.0 Å². The van der Waals surface area contributed by atoms with Crippen molar-refractivity contribution in [3.63, 3.8) is 0 Å². The maximum Gasteiger partial charge on any atom is 0.419 e. The van der Waals surface area contributed by atoms with Crippen molar-refractivity contribution in [2.45, 2.75) is 32.5 Å². The van der Waals surface area contributed by atoms with Crippen molar-refractivity contribution in [1.82, 2.24) is 10.2 Å². The van der Waals surface area contributed by atoms with Crippen molar-refractivity contribution < 1.29 is 22.7 Å². The van der Waals surface area contributed by atoms with Crippen molar-refractivity contribution >= 4 is 5.91 Å². The third-order valence-electron chi connectivity index (χ3n) is 4.12. The fourth-order valence-electron chi connectivity index (χ4n) is 2.58. The van der Waals surface area contributed by atoms with Gasteiger partial charge in [-0.25, -0.2) is 0 Å². The van der Waals surface area contributed by atoms with Gasteiger partial charge in [-0.2, -0.15) is 13.2 Å². The average molecular weight is 344 g/mol. The first-order valence-electron chi connectivity index (χ1n) is 7.88. The van der Waals surface area contributed by atoms with Gasteiger partial charge >= 0.3 is 6.18 Å². The molecule has 0 aliphatic carbocycles. The van der Waals surface area contributed by atoms with Crippen LogP contribution in [0.4, 0.5) is 13.2 Å². The van der Waals surface area contributed by atoms with E-state index in [1.165, 1.54) is 18.2 Å². The quantitative estimate of drug-likeness (QED) is 0.893. The average Bonchev–Trinajstić information content (AvgIpc) is 2.89. The minimum atomic E-state index is -4.49. The van der Waals surface area contributed by atoms with Gasteiger partial charge in [0, 0.05) is 12.6 Å². The second-order valence-electron chi connectivity index (χ2n) is 6.89. The number of ether oxygens (including phenoxy) is 1. The van der Waals surface area contributed by atoms with Crippen LogP contribution in [0.5, 0.6) is 5.75 Å². The number of carbonyl (C=O) groups excluding carboxylic acids is 1. The van der Waals surface area contributed by atoms with Crippen LogP contribution in [0.25, 0.3) is 0 Å². The van der Waals surface area contributed by atoms with E-state index in [1.807, 2.05) is 7.05 Å². The van der Waals surface area contributed by atoms with Crippen molar-refractivity contribution in [2.24, 2.45) is 5.41 Å². The summed E-state index contributed by atoms with van der Waals surface area (Å²) in [7, 11) is 1.98. The van der Waals surface area contributed by atoms with Gasteiger partial charge in [-0.1, -0.05) is 12.1 Å². The molecule has 2 rings (SSSR count). The highest BCUT2D eigenvalue weighted by Crippen LogP contribution is 2.36. The molecule has 0 aromatic heterocycles. The van der Waals surface area contributed by atoms with E-state index in [4.69, 9.17) is 4.74 Å². The van der Waals surface area contributed by atoms with Gasteiger partial charge in [-0.15, -0.1) is 0 Å². The number of nitrogens with one attached hydrogen (secondary N) is 1. The third kappa shape index (κ3) is 4.63. The molecule has 1 heterocycles. The predicted octanol–water partition coefficient (Wildman–Crippen LogP) is 2.93. The smallest absolute Gasteiger partial charge is 0.419 e. The van der Waals surface area contributed by atoms with Gasteiger partial charge in [0.15, 0.2) is 0 Å². The summed E-state index contributed by atoms with van der Waals surface area (Å²) in [5, 5.41) is 2.95. The SMILES string of the molecule is CN1CCC(NC(=O)C(C)(C)COc2ccccc2C(F)(F)F)C1. The Morgan fingerprint density at radius 1 is 1.33 bits per heavy atom. The molecule has 1 fully saturated rings. The summed E-state index contributed by atoms with van der Waals surface area (Å²) in [5.41, 5.74) is -1.77. The monoisotopic (exact) mass is 344 g/mol. The van der Waals surface area contributed by atoms with E-state index in [-0.39, 0.29) is 24.3 Å². The van der Waals surface area contributed by atoms with Crippen LogP contribution < -0.4 is 10.1 Å². The molecule has 1 unspecified atom stereocenters. The Balaban J connectivity index is 1.98. The molecule has 4 nitrogen and oxygen atoms in total. The Hall–Kier alpha value is -1.76. The number of benzene rings is 1. The summed E-state index contributed by atoms with van der Waals surface area (Å²) >= 11 is 0. The lowest BCUT2D eigenvalue weighted by atomic mass is 9.93. The molecule has 24 heavy (non-hydrogen) atoms. The Labute approximate surface area is 140 Å². The predicted molar refractivity (Wildman–Crippen MR) is 84.8 cm³/mol. The van der Waals surface area contributed by atoms with Gasteiger partial charge in [0.05, 0.1) is 11.0 Å². The molecule has 0 bridgehead atoms. The number of amides is 1. The van der Waals surface area contributed by atoms with E-state index in [2.05, 4.69) is 10.2 Å². The minimum absolute atomic E-state index is 0.0734. The zero-order chi connectivity index (χ0) is 18.0. The molecule has 1 saturated heterocycles. The van der Waals surface area contributed by atoms with Gasteiger partial charge in [0.1, 0.15) is 12.4 Å². The van der Waals surface area contributed by atoms with E-state index < -0.39 is 17.2 Å². The van der Waals surface area contributed by atoms with Crippen LogP contribution in [0.2, 0.25) is 0 Å². The highest BCUT2D eigenvalue weighted by atomic mass is 19.4. The minimum Gasteiger partial charge on any atom is -0.492 e. The van der Waals surface area contributed by atoms with Crippen molar-refractivity contribution in [2.75, 3.05) is 26.7 Å². The van der Waals surface area contributed by atoms with Crippen LogP contribution in [0, 0.1) is 5.41 Å². The fraction of sp³-hybridized carbons (Fsp3) is 0.588. The first-order valence-corrected chi connectivity index (χ1v) is 7.88. The molecule has 1 aromatic carbocycles. The van der Waals surface area contributed by atoms with Crippen LogP contribution in [0.3, 0.4) is 0 Å². The molecule has 134 valence electrons. The molecule has 1 aliphatic rings. The number of hydrogen-bond acceptors (Lipinski definition) is 3.